The summed E-state index contributed by atoms with van der Waals surface area (Å²) in [5.41, 5.74) is 1.11. The fourth-order valence-electron chi connectivity index (χ4n) is 1.65. The van der Waals surface area contributed by atoms with Gasteiger partial charge in [0.2, 0.25) is 0 Å². The standard InChI is InChI=1S/C13H11ClFNO/c14-10-3-1-2-9(6-10)7-13(17)11-4-5-16-8-12(11)15/h1-6,8,13,17H,7H2. The molecule has 2 rings (SSSR count). The van der Waals surface area contributed by atoms with Crippen LogP contribution in [-0.4, -0.2) is 10.1 Å². The maximum Gasteiger partial charge on any atom is 0.147 e. The van der Waals surface area contributed by atoms with Crippen molar-refractivity contribution in [3.8, 4) is 0 Å². The van der Waals surface area contributed by atoms with Crippen molar-refractivity contribution in [3.63, 3.8) is 0 Å². The third kappa shape index (κ3) is 3.02. The first-order chi connectivity index (χ1) is 8.16. The molecule has 1 heterocycles. The Morgan fingerprint density at radius 3 is 2.88 bits per heavy atom. The maximum atomic E-state index is 13.4. The van der Waals surface area contributed by atoms with Gasteiger partial charge in [-0.3, -0.25) is 4.98 Å². The molecular weight excluding hydrogens is 241 g/mol. The normalized spacial score (nSPS) is 12.4. The number of rotatable bonds is 3. The molecule has 4 heteroatoms. The van der Waals surface area contributed by atoms with E-state index in [1.165, 1.54) is 12.3 Å². The van der Waals surface area contributed by atoms with Crippen molar-refractivity contribution in [1.82, 2.24) is 4.98 Å². The minimum Gasteiger partial charge on any atom is -0.388 e. The third-order valence-electron chi connectivity index (χ3n) is 2.48. The van der Waals surface area contributed by atoms with Crippen molar-refractivity contribution < 1.29 is 9.50 Å². The second-order valence-electron chi connectivity index (χ2n) is 3.75. The molecule has 0 fully saturated rings. The number of nitrogens with zero attached hydrogens (tertiary/aromatic N) is 1. The molecule has 0 aliphatic carbocycles. The van der Waals surface area contributed by atoms with Crippen molar-refractivity contribution in [1.29, 1.82) is 0 Å². The Hall–Kier alpha value is -1.45. The molecule has 1 unspecified atom stereocenters. The largest absolute Gasteiger partial charge is 0.388 e. The minimum absolute atomic E-state index is 0.250. The fraction of sp³-hybridized carbons (Fsp3) is 0.154. The Balaban J connectivity index is 2.17. The summed E-state index contributed by atoms with van der Waals surface area (Å²) in [6, 6.07) is 8.63. The zero-order valence-electron chi connectivity index (χ0n) is 8.98. The smallest absolute Gasteiger partial charge is 0.147 e. The zero-order valence-corrected chi connectivity index (χ0v) is 9.73. The number of pyridine rings is 1. The molecule has 1 aromatic heterocycles. The summed E-state index contributed by atoms with van der Waals surface area (Å²) in [4.78, 5) is 3.64. The maximum absolute atomic E-state index is 13.4. The molecule has 1 aromatic carbocycles. The van der Waals surface area contributed by atoms with Gasteiger partial charge in [-0.05, 0) is 23.8 Å². The molecule has 2 nitrogen and oxygen atoms in total. The molecule has 0 aliphatic heterocycles. The topological polar surface area (TPSA) is 33.1 Å². The summed E-state index contributed by atoms with van der Waals surface area (Å²) in [6.45, 7) is 0. The SMILES string of the molecule is OC(Cc1cccc(Cl)c1)c1ccncc1F. The minimum atomic E-state index is -0.892. The molecule has 0 spiro atoms. The van der Waals surface area contributed by atoms with Gasteiger partial charge in [0.1, 0.15) is 5.82 Å². The van der Waals surface area contributed by atoms with Gasteiger partial charge in [-0.2, -0.15) is 0 Å². The number of aliphatic hydroxyl groups is 1. The number of hydrogen-bond acceptors (Lipinski definition) is 2. The summed E-state index contributed by atoms with van der Waals surface area (Å²) in [6.07, 6.45) is 1.98. The van der Waals surface area contributed by atoms with Gasteiger partial charge in [-0.25, -0.2) is 4.39 Å². The third-order valence-corrected chi connectivity index (χ3v) is 2.72. The summed E-state index contributed by atoms with van der Waals surface area (Å²) in [5, 5.41) is 10.5. The van der Waals surface area contributed by atoms with Crippen LogP contribution in [0.25, 0.3) is 0 Å². The van der Waals surface area contributed by atoms with E-state index in [2.05, 4.69) is 4.98 Å². The molecule has 0 aliphatic rings. The molecule has 1 atom stereocenters. The van der Waals surface area contributed by atoms with Gasteiger partial charge in [-0.1, -0.05) is 23.7 Å². The van der Waals surface area contributed by atoms with Crippen LogP contribution in [-0.2, 0) is 6.42 Å². The highest BCUT2D eigenvalue weighted by Gasteiger charge is 2.13. The number of hydrogen-bond donors (Lipinski definition) is 1. The highest BCUT2D eigenvalue weighted by atomic mass is 35.5. The molecule has 1 N–H and O–H groups in total. The van der Waals surface area contributed by atoms with Crippen molar-refractivity contribution >= 4 is 11.6 Å². The van der Waals surface area contributed by atoms with E-state index < -0.39 is 11.9 Å². The zero-order chi connectivity index (χ0) is 12.3. The Morgan fingerprint density at radius 1 is 1.35 bits per heavy atom. The molecule has 2 aromatic rings. The Kier molecular flexibility index (Phi) is 3.71. The lowest BCUT2D eigenvalue weighted by atomic mass is 10.0. The molecule has 0 bridgehead atoms. The van der Waals surface area contributed by atoms with Crippen molar-refractivity contribution in [2.45, 2.75) is 12.5 Å². The Labute approximate surface area is 104 Å². The molecule has 88 valence electrons. The van der Waals surface area contributed by atoms with Crippen LogP contribution in [0.1, 0.15) is 17.2 Å². The number of aromatic nitrogens is 1. The summed E-state index contributed by atoms with van der Waals surface area (Å²) >= 11 is 5.84. The van der Waals surface area contributed by atoms with Crippen molar-refractivity contribution in [2.75, 3.05) is 0 Å². The predicted octanol–water partition coefficient (Wildman–Crippen LogP) is 3.15. The predicted molar refractivity (Wildman–Crippen MR) is 64.3 cm³/mol. The number of halogens is 2. The van der Waals surface area contributed by atoms with Crippen LogP contribution >= 0.6 is 11.6 Å². The number of benzene rings is 1. The van der Waals surface area contributed by atoms with E-state index in [0.29, 0.717) is 11.4 Å². The Morgan fingerprint density at radius 2 is 2.18 bits per heavy atom. The van der Waals surface area contributed by atoms with E-state index in [-0.39, 0.29) is 5.56 Å². The van der Waals surface area contributed by atoms with E-state index in [0.717, 1.165) is 11.8 Å². The molecule has 0 saturated heterocycles. The molecule has 17 heavy (non-hydrogen) atoms. The quantitative estimate of drug-likeness (QED) is 0.909. The van der Waals surface area contributed by atoms with Gasteiger partial charge >= 0.3 is 0 Å². The summed E-state index contributed by atoms with van der Waals surface area (Å²) in [5.74, 6) is -0.498. The average molecular weight is 252 g/mol. The van der Waals surface area contributed by atoms with E-state index in [1.807, 2.05) is 6.07 Å². The van der Waals surface area contributed by atoms with Crippen LogP contribution in [0.15, 0.2) is 42.7 Å². The lowest BCUT2D eigenvalue weighted by molar-refractivity contribution is 0.173. The fourth-order valence-corrected chi connectivity index (χ4v) is 1.87. The van der Waals surface area contributed by atoms with E-state index in [1.54, 1.807) is 18.2 Å². The average Bonchev–Trinajstić information content (AvgIpc) is 2.29. The molecule has 0 radical (unpaired) electrons. The highest BCUT2D eigenvalue weighted by Crippen LogP contribution is 2.21. The first-order valence-electron chi connectivity index (χ1n) is 5.19. The Bertz CT molecular complexity index is 518. The van der Waals surface area contributed by atoms with Gasteiger partial charge in [0, 0.05) is 23.2 Å². The molecule has 0 amide bonds. The van der Waals surface area contributed by atoms with Gasteiger partial charge in [0.25, 0.3) is 0 Å². The first kappa shape index (κ1) is 12.0. The second kappa shape index (κ2) is 5.25. The van der Waals surface area contributed by atoms with Gasteiger partial charge in [0.05, 0.1) is 12.3 Å². The molecule has 0 saturated carbocycles. The van der Waals surface area contributed by atoms with E-state index in [9.17, 15) is 9.50 Å². The lowest BCUT2D eigenvalue weighted by Gasteiger charge is -2.11. The monoisotopic (exact) mass is 251 g/mol. The molecular formula is C13H11ClFNO. The van der Waals surface area contributed by atoms with Crippen LogP contribution in [0.4, 0.5) is 4.39 Å². The summed E-state index contributed by atoms with van der Waals surface area (Å²) in [7, 11) is 0. The van der Waals surface area contributed by atoms with Crippen LogP contribution in [0.2, 0.25) is 5.02 Å². The van der Waals surface area contributed by atoms with Crippen LogP contribution in [0, 0.1) is 5.82 Å². The van der Waals surface area contributed by atoms with E-state index >= 15 is 0 Å². The highest BCUT2D eigenvalue weighted by molar-refractivity contribution is 6.30. The lowest BCUT2D eigenvalue weighted by Crippen LogP contribution is -2.04. The van der Waals surface area contributed by atoms with E-state index in [4.69, 9.17) is 11.6 Å². The van der Waals surface area contributed by atoms with Gasteiger partial charge < -0.3 is 5.11 Å². The second-order valence-corrected chi connectivity index (χ2v) is 4.18. The van der Waals surface area contributed by atoms with Gasteiger partial charge in [0.15, 0.2) is 0 Å². The first-order valence-corrected chi connectivity index (χ1v) is 5.56. The van der Waals surface area contributed by atoms with Crippen LogP contribution in [0.5, 0.6) is 0 Å². The van der Waals surface area contributed by atoms with Crippen LogP contribution in [0.3, 0.4) is 0 Å². The summed E-state index contributed by atoms with van der Waals surface area (Å²) < 4.78 is 13.4. The van der Waals surface area contributed by atoms with Crippen molar-refractivity contribution in [3.05, 3.63) is 64.7 Å². The number of aliphatic hydroxyl groups excluding tert-OH is 1. The van der Waals surface area contributed by atoms with Gasteiger partial charge in [-0.15, -0.1) is 0 Å². The van der Waals surface area contributed by atoms with Crippen molar-refractivity contribution in [2.24, 2.45) is 0 Å². The van der Waals surface area contributed by atoms with Crippen LogP contribution < -0.4 is 0 Å².